The zero-order chi connectivity index (χ0) is 16.0. The Hall–Kier alpha value is -2.87. The van der Waals surface area contributed by atoms with Crippen molar-refractivity contribution >= 4 is 40.1 Å². The van der Waals surface area contributed by atoms with E-state index in [0.717, 1.165) is 17.0 Å². The van der Waals surface area contributed by atoms with E-state index in [-0.39, 0.29) is 11.7 Å². The first kappa shape index (κ1) is 13.8. The van der Waals surface area contributed by atoms with Crippen LogP contribution >= 0.6 is 11.5 Å². The molecule has 3 heterocycles. The second-order valence-corrected chi connectivity index (χ2v) is 5.86. The summed E-state index contributed by atoms with van der Waals surface area (Å²) in [6, 6.07) is 4.89. The van der Waals surface area contributed by atoms with Gasteiger partial charge < -0.3 is 4.57 Å². The molecule has 2 aromatic heterocycles. The molecule has 4 rings (SSSR count). The number of fused-ring (bicyclic) bond motifs is 1. The van der Waals surface area contributed by atoms with Crippen molar-refractivity contribution in [3.8, 4) is 0 Å². The number of amides is 1. The van der Waals surface area contributed by atoms with Gasteiger partial charge in [0.2, 0.25) is 0 Å². The molecule has 0 radical (unpaired) electrons. The third-order valence-electron chi connectivity index (χ3n) is 3.66. The van der Waals surface area contributed by atoms with Crippen LogP contribution in [0.1, 0.15) is 10.4 Å². The number of benzene rings is 1. The lowest BCUT2D eigenvalue weighted by Gasteiger charge is -1.98. The first-order valence-electron chi connectivity index (χ1n) is 6.76. The number of carbonyl (C=O) groups is 1. The normalized spacial score (nSPS) is 16.2. The molecule has 0 bridgehead atoms. The molecule has 0 spiro atoms. The van der Waals surface area contributed by atoms with Crippen LogP contribution in [0.5, 0.6) is 0 Å². The highest BCUT2D eigenvalue weighted by Gasteiger charge is 2.26. The molecule has 8 heteroatoms. The summed E-state index contributed by atoms with van der Waals surface area (Å²) in [5, 5.41) is 8.26. The van der Waals surface area contributed by atoms with Crippen LogP contribution < -0.4 is 5.43 Å². The van der Waals surface area contributed by atoms with Crippen LogP contribution in [0.25, 0.3) is 17.0 Å². The highest BCUT2D eigenvalue weighted by Crippen LogP contribution is 2.27. The first-order valence-corrected chi connectivity index (χ1v) is 7.54. The van der Waals surface area contributed by atoms with E-state index in [9.17, 15) is 9.18 Å². The molecule has 6 nitrogen and oxygen atoms in total. The minimum atomic E-state index is -0.332. The molecule has 0 aliphatic carbocycles. The number of carbonyl (C=O) groups excluding carboxylic acids is 1. The molecule has 1 aliphatic heterocycles. The van der Waals surface area contributed by atoms with Crippen LogP contribution in [-0.4, -0.2) is 25.8 Å². The lowest BCUT2D eigenvalue weighted by atomic mass is 10.0. The number of hydrogen-bond donors (Lipinski definition) is 1. The molecule has 0 fully saturated rings. The van der Waals surface area contributed by atoms with Crippen LogP contribution in [0, 0.1) is 5.82 Å². The van der Waals surface area contributed by atoms with Crippen LogP contribution in [0.15, 0.2) is 41.3 Å². The highest BCUT2D eigenvalue weighted by molar-refractivity contribution is 7.08. The quantitative estimate of drug-likeness (QED) is 0.733. The molecule has 1 N–H and O–H groups in total. The van der Waals surface area contributed by atoms with E-state index in [1.807, 2.05) is 17.7 Å². The topological polar surface area (TPSA) is 72.2 Å². The number of aryl methyl sites for hydroxylation is 1. The van der Waals surface area contributed by atoms with Crippen LogP contribution in [0.2, 0.25) is 0 Å². The number of hydrogen-bond acceptors (Lipinski definition) is 5. The third kappa shape index (κ3) is 2.15. The standard InChI is InChI=1S/C15H10FN5OS/c1-21-7-8(13-10(16)3-2-4-11(13)21)5-9-14(18-19-15(9)22)12-6-17-20-23-12/h2-7H,1H3,(H,19,22)/b9-5-. The Morgan fingerprint density at radius 2 is 2.26 bits per heavy atom. The molecule has 0 atom stereocenters. The summed E-state index contributed by atoms with van der Waals surface area (Å²) in [6.45, 7) is 0. The first-order chi connectivity index (χ1) is 11.1. The van der Waals surface area contributed by atoms with E-state index in [1.54, 1.807) is 24.5 Å². The fourth-order valence-electron chi connectivity index (χ4n) is 2.63. The van der Waals surface area contributed by atoms with Crippen molar-refractivity contribution in [2.75, 3.05) is 0 Å². The van der Waals surface area contributed by atoms with Crippen molar-refractivity contribution in [2.24, 2.45) is 12.1 Å². The second-order valence-electron chi connectivity index (χ2n) is 5.07. The lowest BCUT2D eigenvalue weighted by molar-refractivity contribution is -0.116. The van der Waals surface area contributed by atoms with E-state index in [0.29, 0.717) is 27.1 Å². The predicted molar refractivity (Wildman–Crippen MR) is 85.4 cm³/mol. The van der Waals surface area contributed by atoms with Gasteiger partial charge in [-0.3, -0.25) is 4.79 Å². The Morgan fingerprint density at radius 3 is 3.04 bits per heavy atom. The number of hydrazone groups is 1. The van der Waals surface area contributed by atoms with Crippen LogP contribution in [-0.2, 0) is 11.8 Å². The summed E-state index contributed by atoms with van der Waals surface area (Å²) in [5.41, 5.74) is 4.65. The van der Waals surface area contributed by atoms with Crippen molar-refractivity contribution in [1.82, 2.24) is 19.6 Å². The van der Waals surface area contributed by atoms with Gasteiger partial charge in [0.25, 0.3) is 5.91 Å². The van der Waals surface area contributed by atoms with E-state index in [4.69, 9.17) is 0 Å². The van der Waals surface area contributed by atoms with Gasteiger partial charge in [-0.25, -0.2) is 9.82 Å². The molecule has 0 unspecified atom stereocenters. The molecule has 1 amide bonds. The van der Waals surface area contributed by atoms with Crippen molar-refractivity contribution < 1.29 is 9.18 Å². The fraction of sp³-hybridized carbons (Fsp3) is 0.0667. The SMILES string of the molecule is Cn1cc(/C=C2\C(=O)NN=C2c2cnns2)c2c(F)cccc21. The van der Waals surface area contributed by atoms with E-state index in [2.05, 4.69) is 20.1 Å². The van der Waals surface area contributed by atoms with Crippen LogP contribution in [0.3, 0.4) is 0 Å². The van der Waals surface area contributed by atoms with Crippen LogP contribution in [0.4, 0.5) is 4.39 Å². The zero-order valence-electron chi connectivity index (χ0n) is 11.9. The molecule has 1 aliphatic rings. The smallest absolute Gasteiger partial charge is 0.273 e. The molecule has 0 saturated carbocycles. The number of halogens is 1. The molecule has 1 aromatic carbocycles. The van der Waals surface area contributed by atoms with Gasteiger partial charge in [0, 0.05) is 24.2 Å². The maximum absolute atomic E-state index is 14.2. The minimum absolute atomic E-state index is 0.327. The Morgan fingerprint density at radius 1 is 1.39 bits per heavy atom. The van der Waals surface area contributed by atoms with Gasteiger partial charge in [-0.1, -0.05) is 10.6 Å². The van der Waals surface area contributed by atoms with Gasteiger partial charge in [0.1, 0.15) is 11.5 Å². The zero-order valence-corrected chi connectivity index (χ0v) is 12.8. The number of nitrogens with zero attached hydrogens (tertiary/aromatic N) is 4. The fourth-order valence-corrected chi connectivity index (χ4v) is 3.15. The molecule has 0 saturated heterocycles. The van der Waals surface area contributed by atoms with E-state index in [1.165, 1.54) is 6.07 Å². The third-order valence-corrected chi connectivity index (χ3v) is 4.33. The summed E-state index contributed by atoms with van der Waals surface area (Å²) in [6.07, 6.45) is 4.97. The van der Waals surface area contributed by atoms with Gasteiger partial charge in [0.15, 0.2) is 0 Å². The van der Waals surface area contributed by atoms with Crippen molar-refractivity contribution in [2.45, 2.75) is 0 Å². The molecule has 3 aromatic rings. The van der Waals surface area contributed by atoms with Gasteiger partial charge in [-0.15, -0.1) is 5.10 Å². The molecular formula is C15H10FN5OS. The van der Waals surface area contributed by atoms with Gasteiger partial charge >= 0.3 is 0 Å². The second kappa shape index (κ2) is 5.10. The summed E-state index contributed by atoms with van der Waals surface area (Å²) in [5.74, 6) is -0.659. The molecule has 23 heavy (non-hydrogen) atoms. The number of aromatic nitrogens is 3. The summed E-state index contributed by atoms with van der Waals surface area (Å²) in [4.78, 5) is 12.8. The maximum atomic E-state index is 14.2. The monoisotopic (exact) mass is 327 g/mol. The average Bonchev–Trinajstić information content (AvgIpc) is 3.23. The van der Waals surface area contributed by atoms with Crippen molar-refractivity contribution in [3.63, 3.8) is 0 Å². The Bertz CT molecular complexity index is 987. The molecular weight excluding hydrogens is 317 g/mol. The Balaban J connectivity index is 1.90. The average molecular weight is 327 g/mol. The largest absolute Gasteiger partial charge is 0.350 e. The Kier molecular flexibility index (Phi) is 3.05. The number of rotatable bonds is 2. The summed E-state index contributed by atoms with van der Waals surface area (Å²) in [7, 11) is 1.83. The van der Waals surface area contributed by atoms with E-state index < -0.39 is 0 Å². The molecule has 114 valence electrons. The minimum Gasteiger partial charge on any atom is -0.350 e. The van der Waals surface area contributed by atoms with Gasteiger partial charge in [-0.2, -0.15) is 5.10 Å². The van der Waals surface area contributed by atoms with Crippen molar-refractivity contribution in [1.29, 1.82) is 0 Å². The number of nitrogens with one attached hydrogen (secondary N) is 1. The summed E-state index contributed by atoms with van der Waals surface area (Å²) >= 11 is 1.14. The summed E-state index contributed by atoms with van der Waals surface area (Å²) < 4.78 is 19.8. The Labute approximate surface area is 134 Å². The van der Waals surface area contributed by atoms with Gasteiger partial charge in [-0.05, 0) is 29.7 Å². The van der Waals surface area contributed by atoms with E-state index >= 15 is 0 Å². The van der Waals surface area contributed by atoms with Crippen molar-refractivity contribution in [3.05, 3.63) is 52.4 Å². The lowest BCUT2D eigenvalue weighted by Crippen LogP contribution is -2.13. The maximum Gasteiger partial charge on any atom is 0.273 e. The predicted octanol–water partition coefficient (Wildman–Crippen LogP) is 2.09. The highest BCUT2D eigenvalue weighted by atomic mass is 32.1. The van der Waals surface area contributed by atoms with Gasteiger partial charge in [0.05, 0.1) is 22.2 Å².